The van der Waals surface area contributed by atoms with Crippen molar-refractivity contribution in [1.29, 1.82) is 0 Å². The molecule has 0 fully saturated rings. The van der Waals surface area contributed by atoms with Crippen LogP contribution in [0.15, 0.2) is 42.5 Å². The number of nitrogens with zero attached hydrogens (tertiary/aromatic N) is 2. The van der Waals surface area contributed by atoms with Crippen molar-refractivity contribution in [1.82, 2.24) is 9.55 Å². The molecule has 0 bridgehead atoms. The first-order valence-corrected chi connectivity index (χ1v) is 7.37. The van der Waals surface area contributed by atoms with E-state index < -0.39 is 0 Å². The Kier molecular flexibility index (Phi) is 2.51. The third kappa shape index (κ3) is 1.45. The molecule has 0 atom stereocenters. The van der Waals surface area contributed by atoms with Crippen LogP contribution < -0.4 is 0 Å². The molecular formula is C16H10FIN2. The van der Waals surface area contributed by atoms with E-state index in [-0.39, 0.29) is 5.82 Å². The summed E-state index contributed by atoms with van der Waals surface area (Å²) in [4.78, 5) is 4.52. The highest BCUT2D eigenvalue weighted by molar-refractivity contribution is 14.1. The Labute approximate surface area is 128 Å². The molecule has 4 heteroatoms. The molecule has 0 unspecified atom stereocenters. The highest BCUT2D eigenvalue weighted by atomic mass is 127. The van der Waals surface area contributed by atoms with Crippen molar-refractivity contribution in [2.75, 3.05) is 0 Å². The van der Waals surface area contributed by atoms with Crippen molar-refractivity contribution in [3.63, 3.8) is 0 Å². The number of aryl methyl sites for hydroxylation is 1. The summed E-state index contributed by atoms with van der Waals surface area (Å²) in [5.74, 6) is -0.265. The van der Waals surface area contributed by atoms with Crippen LogP contribution in [0.4, 0.5) is 4.39 Å². The summed E-state index contributed by atoms with van der Waals surface area (Å²) in [6.45, 7) is 0. The topological polar surface area (TPSA) is 17.8 Å². The lowest BCUT2D eigenvalue weighted by Crippen LogP contribution is -2.01. The second kappa shape index (κ2) is 4.15. The fraction of sp³-hybridized carbons (Fsp3) is 0.0625. The number of pyridine rings is 1. The van der Waals surface area contributed by atoms with Gasteiger partial charge in [-0.25, -0.2) is 9.37 Å². The van der Waals surface area contributed by atoms with E-state index in [0.29, 0.717) is 5.52 Å². The van der Waals surface area contributed by atoms with Gasteiger partial charge in [0.25, 0.3) is 0 Å². The number of benzene rings is 2. The Morgan fingerprint density at radius 3 is 2.65 bits per heavy atom. The zero-order chi connectivity index (χ0) is 13.9. The molecule has 2 heterocycles. The first kappa shape index (κ1) is 12.1. The van der Waals surface area contributed by atoms with Crippen LogP contribution in [0.5, 0.6) is 0 Å². The number of fused-ring (bicyclic) bond motifs is 4. The first-order valence-electron chi connectivity index (χ1n) is 6.29. The van der Waals surface area contributed by atoms with Gasteiger partial charge < -0.3 is 4.57 Å². The molecule has 0 N–H and O–H groups in total. The Bertz CT molecular complexity index is 942. The molecule has 2 nitrogen and oxygen atoms in total. The first-order chi connectivity index (χ1) is 9.68. The molecule has 0 saturated carbocycles. The number of hydrogen-bond acceptors (Lipinski definition) is 1. The van der Waals surface area contributed by atoms with Crippen LogP contribution in [0.3, 0.4) is 0 Å². The van der Waals surface area contributed by atoms with Gasteiger partial charge >= 0.3 is 0 Å². The molecule has 2 aromatic rings. The molecule has 0 aliphatic carbocycles. The van der Waals surface area contributed by atoms with E-state index in [9.17, 15) is 4.39 Å². The molecule has 0 radical (unpaired) electrons. The van der Waals surface area contributed by atoms with E-state index >= 15 is 0 Å². The molecule has 2 aliphatic heterocycles. The predicted octanol–water partition coefficient (Wildman–Crippen LogP) is 4.58. The van der Waals surface area contributed by atoms with Crippen LogP contribution >= 0.6 is 22.6 Å². The zero-order valence-electron chi connectivity index (χ0n) is 10.7. The van der Waals surface area contributed by atoms with Crippen LogP contribution in [0.1, 0.15) is 0 Å². The van der Waals surface area contributed by atoms with Crippen molar-refractivity contribution in [3.05, 3.63) is 51.9 Å². The number of para-hydroxylation sites is 2. The van der Waals surface area contributed by atoms with Gasteiger partial charge in [0, 0.05) is 23.3 Å². The summed E-state index contributed by atoms with van der Waals surface area (Å²) in [5, 5.41) is 2.01. The predicted molar refractivity (Wildman–Crippen MR) is 87.5 cm³/mol. The van der Waals surface area contributed by atoms with E-state index in [1.54, 1.807) is 6.07 Å². The van der Waals surface area contributed by atoms with Gasteiger partial charge in [0.1, 0.15) is 17.0 Å². The monoisotopic (exact) mass is 376 g/mol. The highest BCUT2D eigenvalue weighted by Gasteiger charge is 2.21. The third-order valence-corrected chi connectivity index (χ3v) is 4.83. The molecule has 0 spiro atoms. The van der Waals surface area contributed by atoms with Gasteiger partial charge in [0.2, 0.25) is 0 Å². The van der Waals surface area contributed by atoms with Gasteiger partial charge in [0.15, 0.2) is 0 Å². The molecule has 0 aromatic heterocycles. The Balaban J connectivity index is 2.35. The largest absolute Gasteiger partial charge is 0.342 e. The van der Waals surface area contributed by atoms with Crippen LogP contribution in [0.25, 0.3) is 33.2 Å². The minimum Gasteiger partial charge on any atom is -0.342 e. The van der Waals surface area contributed by atoms with Gasteiger partial charge in [-0.1, -0.05) is 30.3 Å². The summed E-state index contributed by atoms with van der Waals surface area (Å²) in [6, 6.07) is 13.3. The lowest BCUT2D eigenvalue weighted by molar-refractivity contribution is 0.637. The standard InChI is InChI=1S/C16H10FIN2/c1-20-12-8-3-2-5-9(12)13(18)15-16(20)10-6-4-7-11(17)14(10)19-15/h2-8H,1H3. The van der Waals surface area contributed by atoms with E-state index in [1.807, 2.05) is 25.2 Å². The Morgan fingerprint density at radius 1 is 1.05 bits per heavy atom. The SMILES string of the molecule is Cn1c2c3cccc(F)c3nc-2c(I)c2ccccc21. The number of rotatable bonds is 0. The number of halogens is 2. The fourth-order valence-corrected chi connectivity index (χ4v) is 3.64. The van der Waals surface area contributed by atoms with E-state index in [2.05, 4.69) is 44.3 Å². The van der Waals surface area contributed by atoms with Crippen molar-refractivity contribution in [2.24, 2.45) is 7.05 Å². The third-order valence-electron chi connectivity index (χ3n) is 3.74. The summed E-state index contributed by atoms with van der Waals surface area (Å²) in [7, 11) is 2.01. The smallest absolute Gasteiger partial charge is 0.149 e. The summed E-state index contributed by atoms with van der Waals surface area (Å²) in [5.41, 5.74) is 3.43. The summed E-state index contributed by atoms with van der Waals surface area (Å²) in [6.07, 6.45) is 0. The van der Waals surface area contributed by atoms with E-state index in [4.69, 9.17) is 0 Å². The number of aromatic nitrogens is 2. The molecule has 20 heavy (non-hydrogen) atoms. The van der Waals surface area contributed by atoms with Crippen molar-refractivity contribution < 1.29 is 4.39 Å². The average Bonchev–Trinajstić information content (AvgIpc) is 2.86. The number of hydrogen-bond donors (Lipinski definition) is 0. The van der Waals surface area contributed by atoms with E-state index in [0.717, 1.165) is 31.2 Å². The van der Waals surface area contributed by atoms with Gasteiger partial charge in [-0.3, -0.25) is 0 Å². The van der Waals surface area contributed by atoms with Gasteiger partial charge in [0.05, 0.1) is 9.26 Å². The molecular weight excluding hydrogens is 366 g/mol. The van der Waals surface area contributed by atoms with Crippen molar-refractivity contribution >= 4 is 44.4 Å². The zero-order valence-corrected chi connectivity index (χ0v) is 12.8. The van der Waals surface area contributed by atoms with Crippen LogP contribution in [-0.2, 0) is 7.05 Å². The molecule has 2 aromatic carbocycles. The lowest BCUT2D eigenvalue weighted by Gasteiger charge is -2.14. The summed E-state index contributed by atoms with van der Waals surface area (Å²) < 4.78 is 17.1. The van der Waals surface area contributed by atoms with Gasteiger partial charge in [-0.15, -0.1) is 0 Å². The quantitative estimate of drug-likeness (QED) is 0.411. The second-order valence-electron chi connectivity index (χ2n) is 4.84. The normalized spacial score (nSPS) is 11.8. The average molecular weight is 376 g/mol. The van der Waals surface area contributed by atoms with Crippen LogP contribution in [0, 0.1) is 9.39 Å². The van der Waals surface area contributed by atoms with Gasteiger partial charge in [-0.2, -0.15) is 0 Å². The maximum absolute atomic E-state index is 14.0. The van der Waals surface area contributed by atoms with Gasteiger partial charge in [-0.05, 0) is 34.7 Å². The minimum absolute atomic E-state index is 0.265. The fourth-order valence-electron chi connectivity index (χ4n) is 2.80. The Hall–Kier alpha value is -1.69. The van der Waals surface area contributed by atoms with Crippen LogP contribution in [0.2, 0.25) is 0 Å². The van der Waals surface area contributed by atoms with E-state index in [1.165, 1.54) is 6.07 Å². The Morgan fingerprint density at radius 2 is 1.80 bits per heavy atom. The van der Waals surface area contributed by atoms with Crippen molar-refractivity contribution in [2.45, 2.75) is 0 Å². The molecule has 98 valence electrons. The molecule has 2 aliphatic rings. The minimum atomic E-state index is -0.265. The molecule has 0 saturated heterocycles. The second-order valence-corrected chi connectivity index (χ2v) is 5.91. The maximum atomic E-state index is 14.0. The van der Waals surface area contributed by atoms with Crippen LogP contribution in [-0.4, -0.2) is 9.55 Å². The maximum Gasteiger partial charge on any atom is 0.149 e. The lowest BCUT2D eigenvalue weighted by atomic mass is 10.1. The summed E-state index contributed by atoms with van der Waals surface area (Å²) >= 11 is 2.30. The highest BCUT2D eigenvalue weighted by Crippen LogP contribution is 2.38. The van der Waals surface area contributed by atoms with Crippen molar-refractivity contribution in [3.8, 4) is 11.4 Å². The molecule has 4 rings (SSSR count). The molecule has 0 amide bonds.